The SMILES string of the molecule is O=C(Nc1cccc2n[nH]nc12)C12CC3CC(CC(C3)C1)C2. The normalized spacial score (nSPS) is 35.9. The van der Waals surface area contributed by atoms with Gasteiger partial charge in [0.1, 0.15) is 11.0 Å². The van der Waals surface area contributed by atoms with Gasteiger partial charge in [-0.1, -0.05) is 6.07 Å². The minimum absolute atomic E-state index is 0.124. The van der Waals surface area contributed by atoms with E-state index in [2.05, 4.69) is 20.7 Å². The van der Waals surface area contributed by atoms with Crippen LogP contribution in [0.25, 0.3) is 11.0 Å². The van der Waals surface area contributed by atoms with Crippen LogP contribution in [0.1, 0.15) is 38.5 Å². The molecule has 0 unspecified atom stereocenters. The number of nitrogens with one attached hydrogen (secondary N) is 2. The topological polar surface area (TPSA) is 70.7 Å². The first-order valence-corrected chi connectivity index (χ1v) is 8.33. The van der Waals surface area contributed by atoms with Gasteiger partial charge in [0, 0.05) is 0 Å². The molecule has 0 saturated heterocycles. The van der Waals surface area contributed by atoms with Crippen molar-refractivity contribution in [3.63, 3.8) is 0 Å². The summed E-state index contributed by atoms with van der Waals surface area (Å²) in [5, 5.41) is 14.1. The van der Waals surface area contributed by atoms with Crippen LogP contribution in [-0.4, -0.2) is 21.3 Å². The summed E-state index contributed by atoms with van der Waals surface area (Å²) in [6, 6.07) is 5.74. The Morgan fingerprint density at radius 2 is 1.77 bits per heavy atom. The Balaban J connectivity index is 1.46. The van der Waals surface area contributed by atoms with E-state index in [0.717, 1.165) is 53.7 Å². The van der Waals surface area contributed by atoms with Gasteiger partial charge in [0.15, 0.2) is 0 Å². The summed E-state index contributed by atoms with van der Waals surface area (Å²) in [5.74, 6) is 2.54. The van der Waals surface area contributed by atoms with Crippen molar-refractivity contribution in [3.05, 3.63) is 18.2 Å². The van der Waals surface area contributed by atoms with Gasteiger partial charge in [-0.2, -0.15) is 15.4 Å². The smallest absolute Gasteiger partial charge is 0.230 e. The predicted octanol–water partition coefficient (Wildman–Crippen LogP) is 3.11. The maximum absolute atomic E-state index is 13.1. The fourth-order valence-electron chi connectivity index (χ4n) is 5.61. The molecule has 4 saturated carbocycles. The number of nitrogens with zero attached hydrogens (tertiary/aromatic N) is 2. The molecule has 2 N–H and O–H groups in total. The summed E-state index contributed by atoms with van der Waals surface area (Å²) in [6.07, 6.45) is 7.31. The summed E-state index contributed by atoms with van der Waals surface area (Å²) in [4.78, 5) is 13.1. The molecule has 1 heterocycles. The monoisotopic (exact) mass is 296 g/mol. The number of aromatic amines is 1. The summed E-state index contributed by atoms with van der Waals surface area (Å²) in [5.41, 5.74) is 2.21. The molecule has 2 aromatic rings. The molecular weight excluding hydrogens is 276 g/mol. The Kier molecular flexibility index (Phi) is 2.47. The first kappa shape index (κ1) is 12.6. The van der Waals surface area contributed by atoms with Crippen LogP contribution in [0.4, 0.5) is 5.69 Å². The molecular formula is C17H20N4O. The number of aromatic nitrogens is 3. The van der Waals surface area contributed by atoms with Gasteiger partial charge in [0.2, 0.25) is 5.91 Å². The van der Waals surface area contributed by atoms with Crippen molar-refractivity contribution in [1.82, 2.24) is 15.4 Å². The summed E-state index contributed by atoms with van der Waals surface area (Å²) in [7, 11) is 0. The molecule has 4 aliphatic rings. The molecule has 1 amide bonds. The van der Waals surface area contributed by atoms with Crippen molar-refractivity contribution in [2.24, 2.45) is 23.2 Å². The third-order valence-corrected chi connectivity index (χ3v) is 6.12. The molecule has 1 aromatic carbocycles. The lowest BCUT2D eigenvalue weighted by atomic mass is 9.49. The number of para-hydroxylation sites is 1. The van der Waals surface area contributed by atoms with E-state index in [1.165, 1.54) is 19.3 Å². The number of benzene rings is 1. The van der Waals surface area contributed by atoms with E-state index in [1.807, 2.05) is 18.2 Å². The number of amides is 1. The van der Waals surface area contributed by atoms with Crippen LogP contribution in [-0.2, 0) is 4.79 Å². The average molecular weight is 296 g/mol. The van der Waals surface area contributed by atoms with Crippen molar-refractivity contribution in [2.45, 2.75) is 38.5 Å². The summed E-state index contributed by atoms with van der Waals surface area (Å²) >= 11 is 0. The van der Waals surface area contributed by atoms with Crippen LogP contribution < -0.4 is 5.32 Å². The first-order valence-electron chi connectivity index (χ1n) is 8.33. The van der Waals surface area contributed by atoms with Crippen LogP contribution in [0.15, 0.2) is 18.2 Å². The second-order valence-corrected chi connectivity index (χ2v) is 7.65. The van der Waals surface area contributed by atoms with Gasteiger partial charge in [0.25, 0.3) is 0 Å². The molecule has 5 heteroatoms. The number of anilines is 1. The van der Waals surface area contributed by atoms with E-state index in [4.69, 9.17) is 0 Å². The predicted molar refractivity (Wildman–Crippen MR) is 83.1 cm³/mol. The van der Waals surface area contributed by atoms with E-state index in [0.29, 0.717) is 0 Å². The number of hydrogen-bond acceptors (Lipinski definition) is 3. The van der Waals surface area contributed by atoms with E-state index >= 15 is 0 Å². The third-order valence-electron chi connectivity index (χ3n) is 6.12. The Labute approximate surface area is 128 Å². The largest absolute Gasteiger partial charge is 0.324 e. The van der Waals surface area contributed by atoms with Crippen LogP contribution >= 0.6 is 0 Å². The van der Waals surface area contributed by atoms with Gasteiger partial charge in [0.05, 0.1) is 11.1 Å². The molecule has 0 atom stereocenters. The van der Waals surface area contributed by atoms with Gasteiger partial charge in [-0.25, -0.2) is 0 Å². The highest BCUT2D eigenvalue weighted by Crippen LogP contribution is 2.60. The molecule has 5 nitrogen and oxygen atoms in total. The number of hydrogen-bond donors (Lipinski definition) is 2. The molecule has 4 aliphatic carbocycles. The minimum atomic E-state index is -0.124. The highest BCUT2D eigenvalue weighted by molar-refractivity contribution is 6.01. The Hall–Kier alpha value is -1.91. The molecule has 22 heavy (non-hydrogen) atoms. The molecule has 0 spiro atoms. The van der Waals surface area contributed by atoms with Crippen molar-refractivity contribution in [2.75, 3.05) is 5.32 Å². The minimum Gasteiger partial charge on any atom is -0.324 e. The highest BCUT2D eigenvalue weighted by atomic mass is 16.2. The van der Waals surface area contributed by atoms with Crippen LogP contribution in [0.2, 0.25) is 0 Å². The average Bonchev–Trinajstić information content (AvgIpc) is 2.95. The Morgan fingerprint density at radius 3 is 2.45 bits per heavy atom. The molecule has 0 aliphatic heterocycles. The van der Waals surface area contributed by atoms with Crippen molar-refractivity contribution >= 4 is 22.6 Å². The lowest BCUT2D eigenvalue weighted by Crippen LogP contribution is -2.51. The fourth-order valence-corrected chi connectivity index (χ4v) is 5.61. The van der Waals surface area contributed by atoms with Crippen LogP contribution in [0.5, 0.6) is 0 Å². The zero-order chi connectivity index (χ0) is 14.7. The van der Waals surface area contributed by atoms with Crippen molar-refractivity contribution < 1.29 is 4.79 Å². The molecule has 4 bridgehead atoms. The highest BCUT2D eigenvalue weighted by Gasteiger charge is 2.54. The summed E-state index contributed by atoms with van der Waals surface area (Å²) in [6.45, 7) is 0. The number of fused-ring (bicyclic) bond motifs is 1. The maximum Gasteiger partial charge on any atom is 0.230 e. The molecule has 0 radical (unpaired) electrons. The Bertz CT molecular complexity index is 715. The maximum atomic E-state index is 13.1. The Morgan fingerprint density at radius 1 is 1.09 bits per heavy atom. The zero-order valence-corrected chi connectivity index (χ0v) is 12.5. The summed E-state index contributed by atoms with van der Waals surface area (Å²) < 4.78 is 0. The first-order chi connectivity index (χ1) is 10.7. The molecule has 1 aromatic heterocycles. The molecule has 114 valence electrons. The van der Waals surface area contributed by atoms with Gasteiger partial charge in [-0.3, -0.25) is 4.79 Å². The number of rotatable bonds is 2. The second-order valence-electron chi connectivity index (χ2n) is 7.65. The van der Waals surface area contributed by atoms with Gasteiger partial charge >= 0.3 is 0 Å². The van der Waals surface area contributed by atoms with E-state index in [-0.39, 0.29) is 11.3 Å². The van der Waals surface area contributed by atoms with E-state index in [1.54, 1.807) is 0 Å². The van der Waals surface area contributed by atoms with E-state index in [9.17, 15) is 4.79 Å². The van der Waals surface area contributed by atoms with Crippen LogP contribution in [0, 0.1) is 23.2 Å². The quantitative estimate of drug-likeness (QED) is 0.894. The van der Waals surface area contributed by atoms with Gasteiger partial charge in [-0.05, 0) is 68.4 Å². The second kappa shape index (κ2) is 4.31. The van der Waals surface area contributed by atoms with Crippen LogP contribution in [0.3, 0.4) is 0 Å². The number of H-pyrrole nitrogens is 1. The third kappa shape index (κ3) is 1.74. The van der Waals surface area contributed by atoms with Gasteiger partial charge < -0.3 is 5.32 Å². The number of carbonyl (C=O) groups is 1. The lowest BCUT2D eigenvalue weighted by molar-refractivity contribution is -0.140. The molecule has 6 rings (SSSR count). The molecule has 4 fully saturated rings. The van der Waals surface area contributed by atoms with E-state index < -0.39 is 0 Å². The standard InChI is InChI=1S/C17H20N4O/c22-16(18-13-2-1-3-14-15(13)20-21-19-14)17-7-10-4-11(8-17)6-12(5-10)9-17/h1-3,10-12H,4-9H2,(H,18,22)(H,19,20,21). The number of carbonyl (C=O) groups excluding carboxylic acids is 1. The zero-order valence-electron chi connectivity index (χ0n) is 12.5. The van der Waals surface area contributed by atoms with Gasteiger partial charge in [-0.15, -0.1) is 0 Å². The fraction of sp³-hybridized carbons (Fsp3) is 0.588. The van der Waals surface area contributed by atoms with Crippen molar-refractivity contribution in [3.8, 4) is 0 Å². The lowest BCUT2D eigenvalue weighted by Gasteiger charge is -2.55. The van der Waals surface area contributed by atoms with Crippen molar-refractivity contribution in [1.29, 1.82) is 0 Å².